The van der Waals surface area contributed by atoms with Gasteiger partial charge in [0.25, 0.3) is 0 Å². The van der Waals surface area contributed by atoms with E-state index in [0.29, 0.717) is 6.04 Å². The summed E-state index contributed by atoms with van der Waals surface area (Å²) >= 11 is 8.31. The first-order valence-electron chi connectivity index (χ1n) is 7.39. The molecule has 1 aliphatic rings. The lowest BCUT2D eigenvalue weighted by molar-refractivity contribution is 0.384. The Hall–Kier alpha value is -0.180. The molecule has 1 aliphatic carbocycles. The van der Waals surface area contributed by atoms with Crippen LogP contribution in [0.3, 0.4) is 0 Å². The molecule has 0 bridgehead atoms. The van der Waals surface area contributed by atoms with Crippen LogP contribution in [0, 0.1) is 0 Å². The van der Waals surface area contributed by atoms with Crippen LogP contribution in [0.1, 0.15) is 44.6 Å². The number of halogens is 1. The highest BCUT2D eigenvalue weighted by Crippen LogP contribution is 2.32. The molecule has 0 spiro atoms. The molecule has 2 unspecified atom stereocenters. The summed E-state index contributed by atoms with van der Waals surface area (Å²) in [5, 5.41) is 5.37. The molecular formula is C16H24ClNS. The molecule has 2 atom stereocenters. The molecule has 1 nitrogen and oxygen atoms in total. The third kappa shape index (κ3) is 4.70. The topological polar surface area (TPSA) is 12.0 Å². The maximum Gasteiger partial charge on any atom is 0.0446 e. The molecule has 0 aromatic heterocycles. The summed E-state index contributed by atoms with van der Waals surface area (Å²) < 4.78 is 0. The van der Waals surface area contributed by atoms with Crippen molar-refractivity contribution in [3.8, 4) is 0 Å². The standard InChI is InChI=1S/C16H24ClNS/c1-2-11-18-15-9-5-6-10-16(15)19-12-13-7-3-4-8-14(13)17/h3-4,7-8,15-16,18H,2,5-6,9-12H2,1H3. The summed E-state index contributed by atoms with van der Waals surface area (Å²) in [5.41, 5.74) is 1.27. The van der Waals surface area contributed by atoms with Crippen molar-refractivity contribution in [3.05, 3.63) is 34.9 Å². The van der Waals surface area contributed by atoms with E-state index in [2.05, 4.69) is 36.1 Å². The average Bonchev–Trinajstić information content (AvgIpc) is 2.45. The van der Waals surface area contributed by atoms with Gasteiger partial charge in [-0.15, -0.1) is 0 Å². The quantitative estimate of drug-likeness (QED) is 0.803. The smallest absolute Gasteiger partial charge is 0.0446 e. The van der Waals surface area contributed by atoms with E-state index in [1.165, 1.54) is 37.7 Å². The zero-order chi connectivity index (χ0) is 13.5. The fourth-order valence-electron chi connectivity index (χ4n) is 2.67. The Balaban J connectivity index is 1.87. The zero-order valence-electron chi connectivity index (χ0n) is 11.7. The Bertz CT molecular complexity index is 383. The molecule has 1 aromatic carbocycles. The van der Waals surface area contributed by atoms with Crippen LogP contribution in [0.25, 0.3) is 0 Å². The molecule has 1 fully saturated rings. The van der Waals surface area contributed by atoms with E-state index in [4.69, 9.17) is 11.6 Å². The van der Waals surface area contributed by atoms with E-state index < -0.39 is 0 Å². The largest absolute Gasteiger partial charge is 0.313 e. The second-order valence-electron chi connectivity index (χ2n) is 5.29. The number of benzene rings is 1. The minimum atomic E-state index is 0.696. The second kappa shape index (κ2) is 8.18. The molecule has 0 aliphatic heterocycles. The van der Waals surface area contributed by atoms with Crippen LogP contribution >= 0.6 is 23.4 Å². The molecule has 0 amide bonds. The molecule has 0 saturated heterocycles. The molecule has 106 valence electrons. The van der Waals surface area contributed by atoms with Gasteiger partial charge in [-0.3, -0.25) is 0 Å². The first-order valence-corrected chi connectivity index (χ1v) is 8.82. The van der Waals surface area contributed by atoms with E-state index in [9.17, 15) is 0 Å². The first-order chi connectivity index (χ1) is 9.31. The predicted octanol–water partition coefficient (Wildman–Crippen LogP) is 4.88. The summed E-state index contributed by atoms with van der Waals surface area (Å²) in [6.45, 7) is 3.38. The van der Waals surface area contributed by atoms with Crippen LogP contribution in [0.5, 0.6) is 0 Å². The summed E-state index contributed by atoms with van der Waals surface area (Å²) in [4.78, 5) is 0. The fourth-order valence-corrected chi connectivity index (χ4v) is 4.40. The lowest BCUT2D eigenvalue weighted by Gasteiger charge is -2.32. The van der Waals surface area contributed by atoms with E-state index in [-0.39, 0.29) is 0 Å². The van der Waals surface area contributed by atoms with Crippen molar-refractivity contribution in [2.45, 2.75) is 56.1 Å². The Labute approximate surface area is 126 Å². The van der Waals surface area contributed by atoms with Crippen molar-refractivity contribution in [2.24, 2.45) is 0 Å². The monoisotopic (exact) mass is 297 g/mol. The summed E-state index contributed by atoms with van der Waals surface area (Å²) in [7, 11) is 0. The summed E-state index contributed by atoms with van der Waals surface area (Å²) in [6, 6.07) is 8.91. The van der Waals surface area contributed by atoms with Gasteiger partial charge in [-0.25, -0.2) is 0 Å². The van der Waals surface area contributed by atoms with Gasteiger partial charge >= 0.3 is 0 Å². The highest BCUT2D eigenvalue weighted by atomic mass is 35.5. The summed E-state index contributed by atoms with van der Waals surface area (Å²) in [5.74, 6) is 1.04. The maximum atomic E-state index is 6.23. The lowest BCUT2D eigenvalue weighted by atomic mass is 9.95. The van der Waals surface area contributed by atoms with Crippen LogP contribution in [-0.4, -0.2) is 17.8 Å². The van der Waals surface area contributed by atoms with Crippen molar-refractivity contribution >= 4 is 23.4 Å². The molecule has 0 radical (unpaired) electrons. The van der Waals surface area contributed by atoms with E-state index in [0.717, 1.165) is 22.6 Å². The average molecular weight is 298 g/mol. The van der Waals surface area contributed by atoms with Crippen LogP contribution in [0.2, 0.25) is 5.02 Å². The highest BCUT2D eigenvalue weighted by Gasteiger charge is 2.24. The lowest BCUT2D eigenvalue weighted by Crippen LogP contribution is -2.40. The van der Waals surface area contributed by atoms with E-state index >= 15 is 0 Å². The van der Waals surface area contributed by atoms with E-state index in [1.807, 2.05) is 12.1 Å². The Morgan fingerprint density at radius 1 is 1.26 bits per heavy atom. The number of rotatable bonds is 6. The van der Waals surface area contributed by atoms with Crippen LogP contribution in [0.15, 0.2) is 24.3 Å². The molecule has 19 heavy (non-hydrogen) atoms. The Morgan fingerprint density at radius 3 is 2.84 bits per heavy atom. The van der Waals surface area contributed by atoms with Crippen molar-refractivity contribution in [1.82, 2.24) is 5.32 Å². The van der Waals surface area contributed by atoms with Gasteiger partial charge in [-0.1, -0.05) is 49.6 Å². The fraction of sp³-hybridized carbons (Fsp3) is 0.625. The second-order valence-corrected chi connectivity index (χ2v) is 6.92. The molecule has 0 heterocycles. The van der Waals surface area contributed by atoms with Gasteiger partial charge in [0.05, 0.1) is 0 Å². The third-order valence-corrected chi connectivity index (χ3v) is 5.61. The maximum absolute atomic E-state index is 6.23. The van der Waals surface area contributed by atoms with Crippen molar-refractivity contribution < 1.29 is 0 Å². The van der Waals surface area contributed by atoms with Gasteiger partial charge in [0.1, 0.15) is 0 Å². The Morgan fingerprint density at radius 2 is 2.05 bits per heavy atom. The number of hydrogen-bond donors (Lipinski definition) is 1. The van der Waals surface area contributed by atoms with Gasteiger partial charge < -0.3 is 5.32 Å². The molecular weight excluding hydrogens is 274 g/mol. The van der Waals surface area contributed by atoms with Crippen molar-refractivity contribution in [1.29, 1.82) is 0 Å². The van der Waals surface area contributed by atoms with Crippen molar-refractivity contribution in [2.75, 3.05) is 6.54 Å². The number of thioether (sulfide) groups is 1. The number of hydrogen-bond acceptors (Lipinski definition) is 2. The SMILES string of the molecule is CCCNC1CCCCC1SCc1ccccc1Cl. The zero-order valence-corrected chi connectivity index (χ0v) is 13.3. The molecule has 1 saturated carbocycles. The minimum absolute atomic E-state index is 0.696. The molecule has 3 heteroatoms. The van der Waals surface area contributed by atoms with Crippen LogP contribution < -0.4 is 5.32 Å². The third-order valence-electron chi connectivity index (χ3n) is 3.77. The minimum Gasteiger partial charge on any atom is -0.313 e. The van der Waals surface area contributed by atoms with Gasteiger partial charge in [0.2, 0.25) is 0 Å². The summed E-state index contributed by atoms with van der Waals surface area (Å²) in [6.07, 6.45) is 6.66. The van der Waals surface area contributed by atoms with E-state index in [1.54, 1.807) is 0 Å². The highest BCUT2D eigenvalue weighted by molar-refractivity contribution is 7.99. The number of nitrogens with one attached hydrogen (secondary N) is 1. The van der Waals surface area contributed by atoms with Gasteiger partial charge in [-0.05, 0) is 37.4 Å². The molecule has 2 rings (SSSR count). The van der Waals surface area contributed by atoms with Gasteiger partial charge in [0.15, 0.2) is 0 Å². The van der Waals surface area contributed by atoms with Crippen LogP contribution in [-0.2, 0) is 5.75 Å². The van der Waals surface area contributed by atoms with Crippen LogP contribution in [0.4, 0.5) is 0 Å². The molecule has 1 aromatic rings. The van der Waals surface area contributed by atoms with Gasteiger partial charge in [0, 0.05) is 22.1 Å². The first kappa shape index (κ1) is 15.2. The predicted molar refractivity (Wildman–Crippen MR) is 87.1 cm³/mol. The van der Waals surface area contributed by atoms with Gasteiger partial charge in [-0.2, -0.15) is 11.8 Å². The Kier molecular flexibility index (Phi) is 6.55. The van der Waals surface area contributed by atoms with Crippen molar-refractivity contribution in [3.63, 3.8) is 0 Å². The normalized spacial score (nSPS) is 23.5. The molecule has 1 N–H and O–H groups in total.